The lowest BCUT2D eigenvalue weighted by molar-refractivity contribution is 1.61. The number of fused-ring (bicyclic) bond motifs is 6. The van der Waals surface area contributed by atoms with Gasteiger partial charge in [-0.05, 0) is 135 Å². The molecule has 0 aliphatic heterocycles. The lowest BCUT2D eigenvalue weighted by Gasteiger charge is -2.25. The predicted octanol–water partition coefficient (Wildman–Crippen LogP) is 13.5. The van der Waals surface area contributed by atoms with Crippen molar-refractivity contribution in [2.45, 2.75) is 0 Å². The summed E-state index contributed by atoms with van der Waals surface area (Å²) in [4.78, 5) is 0. The number of hydrogen-bond acceptors (Lipinski definition) is 2. The van der Waals surface area contributed by atoms with E-state index in [2.05, 4.69) is 163 Å². The molecule has 0 saturated heterocycles. The van der Waals surface area contributed by atoms with E-state index >= 15 is 0 Å². The third kappa shape index (κ3) is 4.20. The number of benzene rings is 6. The lowest BCUT2D eigenvalue weighted by Crippen LogP contribution is -1.98. The molecule has 0 bridgehead atoms. The Morgan fingerprint density at radius 3 is 1.19 bits per heavy atom. The standard InChI is InChI=1S/C38H22Br2S2/c39-27-11-13-29-30-14-12-28(40)20-32(30)38-34(24-9-5-2-6-10-24)36(26-16-18-42-22-26)35(25-15-17-41-21-25)33(37(38)31(29)19-27)23-7-3-1-4-8-23/h1-22H. The van der Waals surface area contributed by atoms with Crippen LogP contribution in [0.5, 0.6) is 0 Å². The first-order valence-electron chi connectivity index (χ1n) is 13.7. The van der Waals surface area contributed by atoms with Gasteiger partial charge in [-0.15, -0.1) is 0 Å². The average molecular weight is 703 g/mol. The zero-order valence-corrected chi connectivity index (χ0v) is 27.1. The van der Waals surface area contributed by atoms with Gasteiger partial charge in [0.15, 0.2) is 0 Å². The fraction of sp³-hybridized carbons (Fsp3) is 0. The Balaban J connectivity index is 1.79. The SMILES string of the molecule is Brc1ccc2c3ccc(Br)cc3c3c(-c4ccccc4)c(-c4ccsc4)c(-c4ccsc4)c(-c4ccccc4)c3c2c1. The van der Waals surface area contributed by atoms with Crippen LogP contribution in [0.2, 0.25) is 0 Å². The number of halogens is 2. The molecule has 0 atom stereocenters. The molecular weight excluding hydrogens is 680 g/mol. The van der Waals surface area contributed by atoms with E-state index in [-0.39, 0.29) is 0 Å². The van der Waals surface area contributed by atoms with Crippen LogP contribution in [-0.2, 0) is 0 Å². The fourth-order valence-corrected chi connectivity index (χ4v) is 8.40. The van der Waals surface area contributed by atoms with Crippen LogP contribution in [0.4, 0.5) is 0 Å². The second-order valence-corrected chi connectivity index (χ2v) is 13.8. The fourth-order valence-electron chi connectivity index (χ4n) is 6.38. The summed E-state index contributed by atoms with van der Waals surface area (Å²) in [7, 11) is 0. The molecular formula is C38H22Br2S2. The van der Waals surface area contributed by atoms with Crippen LogP contribution in [0, 0.1) is 0 Å². The van der Waals surface area contributed by atoms with E-state index in [4.69, 9.17) is 0 Å². The van der Waals surface area contributed by atoms with Gasteiger partial charge >= 0.3 is 0 Å². The molecule has 42 heavy (non-hydrogen) atoms. The van der Waals surface area contributed by atoms with E-state index in [1.807, 2.05) is 0 Å². The molecule has 0 nitrogen and oxygen atoms in total. The molecule has 0 saturated carbocycles. The summed E-state index contributed by atoms with van der Waals surface area (Å²) in [6, 6.07) is 39.9. The maximum absolute atomic E-state index is 3.84. The summed E-state index contributed by atoms with van der Waals surface area (Å²) in [5.41, 5.74) is 10.0. The van der Waals surface area contributed by atoms with Gasteiger partial charge in [0, 0.05) is 8.95 Å². The molecule has 0 amide bonds. The second-order valence-electron chi connectivity index (χ2n) is 10.4. The van der Waals surface area contributed by atoms with Crippen molar-refractivity contribution in [1.29, 1.82) is 0 Å². The van der Waals surface area contributed by atoms with Crippen molar-refractivity contribution in [2.24, 2.45) is 0 Å². The number of thiophene rings is 2. The molecule has 2 heterocycles. The first-order chi connectivity index (χ1) is 20.7. The summed E-state index contributed by atoms with van der Waals surface area (Å²) < 4.78 is 2.15. The Labute approximate surface area is 269 Å². The quantitative estimate of drug-likeness (QED) is 0.160. The molecule has 2 aromatic heterocycles. The van der Waals surface area contributed by atoms with Crippen LogP contribution < -0.4 is 0 Å². The zero-order chi connectivity index (χ0) is 28.2. The van der Waals surface area contributed by atoms with E-state index in [0.29, 0.717) is 0 Å². The normalized spacial score (nSPS) is 11.6. The third-order valence-corrected chi connectivity index (χ3v) is 10.4. The van der Waals surface area contributed by atoms with Crippen molar-refractivity contribution >= 4 is 86.9 Å². The predicted molar refractivity (Wildman–Crippen MR) is 192 cm³/mol. The molecule has 0 aliphatic rings. The van der Waals surface area contributed by atoms with Crippen LogP contribution in [0.15, 0.2) is 140 Å². The van der Waals surface area contributed by atoms with Gasteiger partial charge in [-0.2, -0.15) is 22.7 Å². The third-order valence-electron chi connectivity index (χ3n) is 8.04. The number of hydrogen-bond donors (Lipinski definition) is 0. The Bertz CT molecular complexity index is 2070. The second kappa shape index (κ2) is 10.6. The van der Waals surface area contributed by atoms with Gasteiger partial charge in [-0.1, -0.05) is 105 Å². The molecule has 0 aliphatic carbocycles. The summed E-state index contributed by atoms with van der Waals surface area (Å²) in [6.45, 7) is 0. The largest absolute Gasteiger partial charge is 0.152 e. The van der Waals surface area contributed by atoms with E-state index in [0.717, 1.165) is 8.95 Å². The van der Waals surface area contributed by atoms with Crippen LogP contribution in [0.25, 0.3) is 76.8 Å². The van der Waals surface area contributed by atoms with Crippen LogP contribution in [-0.4, -0.2) is 0 Å². The molecule has 0 unspecified atom stereocenters. The summed E-state index contributed by atoms with van der Waals surface area (Å²) in [5.74, 6) is 0. The highest BCUT2D eigenvalue weighted by atomic mass is 79.9. The van der Waals surface area contributed by atoms with Crippen molar-refractivity contribution in [2.75, 3.05) is 0 Å². The minimum Gasteiger partial charge on any atom is -0.152 e. The molecule has 0 spiro atoms. The summed E-state index contributed by atoms with van der Waals surface area (Å²) in [5, 5.41) is 16.6. The molecule has 8 rings (SSSR count). The Morgan fingerprint density at radius 1 is 0.381 bits per heavy atom. The van der Waals surface area contributed by atoms with Crippen LogP contribution in [0.1, 0.15) is 0 Å². The molecule has 0 radical (unpaired) electrons. The van der Waals surface area contributed by atoms with Crippen LogP contribution in [0.3, 0.4) is 0 Å². The molecule has 200 valence electrons. The van der Waals surface area contributed by atoms with Gasteiger partial charge in [0.2, 0.25) is 0 Å². The van der Waals surface area contributed by atoms with Crippen LogP contribution >= 0.6 is 54.5 Å². The lowest BCUT2D eigenvalue weighted by atomic mass is 9.77. The Kier molecular flexibility index (Phi) is 6.61. The maximum atomic E-state index is 3.84. The smallest absolute Gasteiger partial charge is 0.0181 e. The molecule has 8 aromatic rings. The highest BCUT2D eigenvalue weighted by molar-refractivity contribution is 9.10. The van der Waals surface area contributed by atoms with Crippen molar-refractivity contribution < 1.29 is 0 Å². The maximum Gasteiger partial charge on any atom is 0.0181 e. The van der Waals surface area contributed by atoms with Crippen molar-refractivity contribution in [1.82, 2.24) is 0 Å². The molecule has 4 heteroatoms. The first-order valence-corrected chi connectivity index (χ1v) is 17.2. The Hall–Kier alpha value is -3.54. The van der Waals surface area contributed by atoms with Gasteiger partial charge < -0.3 is 0 Å². The van der Waals surface area contributed by atoms with Crippen molar-refractivity contribution in [3.63, 3.8) is 0 Å². The van der Waals surface area contributed by atoms with Gasteiger partial charge in [-0.3, -0.25) is 0 Å². The summed E-state index contributed by atoms with van der Waals surface area (Å²) >= 11 is 11.2. The van der Waals surface area contributed by atoms with E-state index in [1.165, 1.54) is 76.8 Å². The molecule has 6 aromatic carbocycles. The van der Waals surface area contributed by atoms with E-state index < -0.39 is 0 Å². The van der Waals surface area contributed by atoms with Crippen molar-refractivity contribution in [3.8, 4) is 44.5 Å². The van der Waals surface area contributed by atoms with E-state index in [1.54, 1.807) is 22.7 Å². The zero-order valence-electron chi connectivity index (χ0n) is 22.3. The average Bonchev–Trinajstić information content (AvgIpc) is 3.76. The van der Waals surface area contributed by atoms with Gasteiger partial charge in [0.05, 0.1) is 0 Å². The monoisotopic (exact) mass is 700 g/mol. The van der Waals surface area contributed by atoms with Crippen molar-refractivity contribution in [3.05, 3.63) is 140 Å². The van der Waals surface area contributed by atoms with Gasteiger partial charge in [0.25, 0.3) is 0 Å². The first kappa shape index (κ1) is 26.1. The minimum atomic E-state index is 1.08. The highest BCUT2D eigenvalue weighted by Crippen LogP contribution is 2.55. The minimum absolute atomic E-state index is 1.08. The molecule has 0 fully saturated rings. The highest BCUT2D eigenvalue weighted by Gasteiger charge is 2.27. The van der Waals surface area contributed by atoms with Gasteiger partial charge in [-0.25, -0.2) is 0 Å². The van der Waals surface area contributed by atoms with E-state index in [9.17, 15) is 0 Å². The number of rotatable bonds is 4. The Morgan fingerprint density at radius 2 is 0.810 bits per heavy atom. The topological polar surface area (TPSA) is 0 Å². The van der Waals surface area contributed by atoms with Gasteiger partial charge in [0.1, 0.15) is 0 Å². The molecule has 0 N–H and O–H groups in total. The summed E-state index contributed by atoms with van der Waals surface area (Å²) in [6.07, 6.45) is 0.